The number of aromatic nitrogens is 2. The van der Waals surface area contributed by atoms with Gasteiger partial charge in [-0.1, -0.05) is 47.6 Å². The lowest BCUT2D eigenvalue weighted by Crippen LogP contribution is -2.41. The summed E-state index contributed by atoms with van der Waals surface area (Å²) in [5, 5.41) is 42.4. The summed E-state index contributed by atoms with van der Waals surface area (Å²) in [7, 11) is 1.73. The maximum Gasteiger partial charge on any atom is 0.339 e. The highest BCUT2D eigenvalue weighted by Crippen LogP contribution is 2.49. The van der Waals surface area contributed by atoms with Gasteiger partial charge in [-0.25, -0.2) is 14.4 Å². The minimum absolute atomic E-state index is 0.162. The molecule has 3 amide bonds. The number of rotatable bonds is 9. The molecule has 20 heteroatoms. The number of hydrogen-bond acceptors (Lipinski definition) is 13. The van der Waals surface area contributed by atoms with E-state index in [4.69, 9.17) is 9.15 Å². The van der Waals surface area contributed by atoms with E-state index in [1.807, 2.05) is 27.7 Å². The van der Waals surface area contributed by atoms with Crippen LogP contribution in [0.4, 0.5) is 15.0 Å². The van der Waals surface area contributed by atoms with E-state index in [-0.39, 0.29) is 45.1 Å². The van der Waals surface area contributed by atoms with E-state index >= 15 is 0 Å². The lowest BCUT2D eigenvalue weighted by atomic mass is 9.72. The number of nitrogens with one attached hydrogen (secondary N) is 3. The highest BCUT2D eigenvalue weighted by Gasteiger charge is 2.44. The molecule has 2 unspecified atom stereocenters. The Morgan fingerprint density at radius 3 is 1.68 bits per heavy atom. The molecule has 2 atom stereocenters. The Hall–Kier alpha value is -6.22. The van der Waals surface area contributed by atoms with Crippen LogP contribution in [-0.2, 0) is 54.3 Å². The molecule has 7 heterocycles. The number of hydrogen-bond donors (Lipinski definition) is 6. The molecular weight excluding hydrogens is 1000 g/mol. The van der Waals surface area contributed by atoms with Crippen LogP contribution in [0.2, 0.25) is 0 Å². The van der Waals surface area contributed by atoms with Gasteiger partial charge in [0.1, 0.15) is 20.7 Å². The average Bonchev–Trinajstić information content (AvgIpc) is 4.15. The summed E-state index contributed by atoms with van der Waals surface area (Å²) < 4.78 is 12.9. The third kappa shape index (κ3) is 12.1. The second-order valence-electron chi connectivity index (χ2n) is 22.4. The van der Waals surface area contributed by atoms with E-state index in [9.17, 15) is 44.1 Å². The van der Waals surface area contributed by atoms with Crippen LogP contribution in [-0.4, -0.2) is 78.6 Å². The van der Waals surface area contributed by atoms with Crippen LogP contribution in [0.15, 0.2) is 46.3 Å². The fraction of sp³-hybridized carbons (Fsp3) is 0.481. The van der Waals surface area contributed by atoms with E-state index in [2.05, 4.69) is 67.6 Å². The predicted molar refractivity (Wildman–Crippen MR) is 288 cm³/mol. The van der Waals surface area contributed by atoms with Gasteiger partial charge in [-0.05, 0) is 125 Å². The van der Waals surface area contributed by atoms with Gasteiger partial charge in [-0.2, -0.15) is 5.10 Å². The minimum atomic E-state index is -1.04. The van der Waals surface area contributed by atoms with Crippen molar-refractivity contribution in [2.75, 3.05) is 22.5 Å². The Balaban J connectivity index is 0.000000162. The number of aryl methyl sites for hydroxylation is 2. The first-order valence-electron chi connectivity index (χ1n) is 24.5. The number of nitrogens with zero attached hydrogens (tertiary/aromatic N) is 3. The van der Waals surface area contributed by atoms with Crippen LogP contribution < -0.4 is 16.0 Å². The zero-order chi connectivity index (χ0) is 54.4. The number of anilines is 3. The van der Waals surface area contributed by atoms with Crippen molar-refractivity contribution in [3.05, 3.63) is 102 Å². The molecule has 2 aliphatic carbocycles. The van der Waals surface area contributed by atoms with Crippen LogP contribution in [0.25, 0.3) is 0 Å². The molecule has 0 bridgehead atoms. The molecule has 0 saturated heterocycles. The second kappa shape index (κ2) is 21.2. The second-order valence-corrected chi connectivity index (χ2v) is 25.7. The van der Waals surface area contributed by atoms with Crippen molar-refractivity contribution < 1.29 is 53.2 Å². The fourth-order valence-corrected chi connectivity index (χ4v) is 13.9. The van der Waals surface area contributed by atoms with E-state index < -0.39 is 35.0 Å². The molecule has 0 spiro atoms. The molecular formula is C54H66N6O11S3. The zero-order valence-corrected chi connectivity index (χ0v) is 46.4. The molecule has 4 aliphatic rings. The number of carbonyl (C=O) groups excluding carboxylic acids is 3. The van der Waals surface area contributed by atoms with Crippen molar-refractivity contribution in [2.45, 2.75) is 132 Å². The summed E-state index contributed by atoms with van der Waals surface area (Å²) in [4.78, 5) is 79.6. The number of carboxylic acids is 3. The number of ether oxygens (including phenoxy) is 1. The number of amides is 3. The summed E-state index contributed by atoms with van der Waals surface area (Å²) >= 11 is 4.06. The van der Waals surface area contributed by atoms with E-state index in [1.54, 1.807) is 43.1 Å². The molecule has 5 aromatic heterocycles. The molecule has 0 saturated carbocycles. The predicted octanol–water partition coefficient (Wildman–Crippen LogP) is 11.3. The van der Waals surface area contributed by atoms with Crippen molar-refractivity contribution in [1.29, 1.82) is 0 Å². The maximum absolute atomic E-state index is 12.4. The maximum atomic E-state index is 12.4. The summed E-state index contributed by atoms with van der Waals surface area (Å²) in [6, 6.07) is 1.71. The van der Waals surface area contributed by atoms with Gasteiger partial charge in [-0.15, -0.1) is 34.0 Å². The number of furan rings is 1. The van der Waals surface area contributed by atoms with Crippen molar-refractivity contribution >= 4 is 90.4 Å². The van der Waals surface area contributed by atoms with Gasteiger partial charge in [0.15, 0.2) is 5.76 Å². The number of fused-ring (bicyclic) bond motifs is 3. The van der Waals surface area contributed by atoms with Crippen LogP contribution in [0.5, 0.6) is 0 Å². The highest BCUT2D eigenvalue weighted by molar-refractivity contribution is 7.17. The Bertz CT molecular complexity index is 3090. The molecule has 396 valence electrons. The van der Waals surface area contributed by atoms with Crippen molar-refractivity contribution in [2.24, 2.45) is 34.7 Å². The molecule has 6 N–H and O–H groups in total. The quantitative estimate of drug-likeness (QED) is 0.0806. The third-order valence-electron chi connectivity index (χ3n) is 13.9. The van der Waals surface area contributed by atoms with E-state index in [0.717, 1.165) is 75.4 Å². The van der Waals surface area contributed by atoms with Gasteiger partial charge in [0, 0.05) is 39.9 Å². The summed E-state index contributed by atoms with van der Waals surface area (Å²) in [6.45, 7) is 23.3. The SMILES string of the molecule is CC1(C)Cc2c(sc(NC(=O)C3=NCC=C3)c2C(=O)O)C(C)(C)O1.Cc1ccoc1C(=O)Nc1sc2c(c1C(=O)O)CCC(C(C)(C)C)C2.Cn1cc(C(=O)Nc2sc3c(c2C(=O)O)CCC(C(C)(C)C)C3)cn1. The number of carboxylic acid groups (broad SMARTS) is 3. The Morgan fingerprint density at radius 2 is 1.23 bits per heavy atom. The highest BCUT2D eigenvalue weighted by atomic mass is 32.1. The molecule has 9 rings (SSSR count). The first-order chi connectivity index (χ1) is 34.5. The first-order valence-corrected chi connectivity index (χ1v) is 26.9. The molecule has 0 fully saturated rings. The lowest BCUT2D eigenvalue weighted by molar-refractivity contribution is -0.135. The van der Waals surface area contributed by atoms with Gasteiger partial charge in [-0.3, -0.25) is 24.1 Å². The molecule has 74 heavy (non-hydrogen) atoms. The largest absolute Gasteiger partial charge is 0.478 e. The van der Waals surface area contributed by atoms with Gasteiger partial charge < -0.3 is 40.4 Å². The van der Waals surface area contributed by atoms with Crippen molar-refractivity contribution in [3.8, 4) is 0 Å². The number of aliphatic imine (C=N–C) groups is 1. The van der Waals surface area contributed by atoms with Gasteiger partial charge in [0.2, 0.25) is 0 Å². The fourth-order valence-electron chi connectivity index (χ4n) is 10.1. The smallest absolute Gasteiger partial charge is 0.339 e. The number of thiophene rings is 3. The van der Waals surface area contributed by atoms with Crippen LogP contribution >= 0.6 is 34.0 Å². The molecule has 2 aliphatic heterocycles. The molecule has 0 aromatic carbocycles. The number of aromatic carboxylic acids is 3. The monoisotopic (exact) mass is 1070 g/mol. The Labute approximate surface area is 442 Å². The van der Waals surface area contributed by atoms with Gasteiger partial charge >= 0.3 is 17.9 Å². The molecule has 17 nitrogen and oxygen atoms in total. The summed E-state index contributed by atoms with van der Waals surface area (Å²) in [5.74, 6) is -2.89. The number of carbonyl (C=O) groups is 6. The van der Waals surface area contributed by atoms with Crippen LogP contribution in [0.1, 0.15) is 171 Å². The van der Waals surface area contributed by atoms with Gasteiger partial charge in [0.05, 0.1) is 52.5 Å². The third-order valence-corrected chi connectivity index (χ3v) is 17.7. The first kappa shape index (κ1) is 55.5. The minimum Gasteiger partial charge on any atom is -0.478 e. The zero-order valence-electron chi connectivity index (χ0n) is 43.9. The summed E-state index contributed by atoms with van der Waals surface area (Å²) in [6.07, 6.45) is 13.6. The summed E-state index contributed by atoms with van der Waals surface area (Å²) in [5.41, 5.74) is 3.90. The average molecular weight is 1070 g/mol. The van der Waals surface area contributed by atoms with Crippen molar-refractivity contribution in [1.82, 2.24) is 9.78 Å². The lowest BCUT2D eigenvalue weighted by Gasteiger charge is -2.41. The molecule has 5 aromatic rings. The topological polar surface area (TPSA) is 252 Å². The normalized spacial score (nSPS) is 18.2. The van der Waals surface area contributed by atoms with E-state index in [1.165, 1.54) is 46.5 Å². The molecule has 0 radical (unpaired) electrons. The van der Waals surface area contributed by atoms with Gasteiger partial charge in [0.25, 0.3) is 17.7 Å². The Kier molecular flexibility index (Phi) is 15.9. The van der Waals surface area contributed by atoms with E-state index in [0.29, 0.717) is 51.1 Å². The Morgan fingerprint density at radius 1 is 0.730 bits per heavy atom. The van der Waals surface area contributed by atoms with Crippen LogP contribution in [0.3, 0.4) is 0 Å². The standard InChI is InChI=1S/C19H23NO4S.C18H23N3O3S.C17H20N2O4S/c1-10-7-8-24-15(10)16(21)20-17-14(18(22)23)12-6-5-11(19(2,3)4)9-13(12)25-17;1-18(2,3)11-5-6-12-13(7-11)25-16(14(12)17(23)24)20-15(22)10-8-19-21(4)9-10;1-16(2)8-9-11(15(21)22)14(24-12(9)17(3,4)23-16)19-13(20)10-6-5-7-18-10/h7-8,11H,5-6,9H2,1-4H3,(H,20,21)(H,22,23);8-9,11H,5-7H2,1-4H3,(H,20,22)(H,23,24);5-6H,7-8H2,1-4H3,(H,19,20)(H,21,22). The van der Waals surface area contributed by atoms with Crippen molar-refractivity contribution in [3.63, 3.8) is 0 Å². The van der Waals surface area contributed by atoms with Crippen LogP contribution in [0, 0.1) is 29.6 Å².